The maximum atomic E-state index is 12.5. The highest BCUT2D eigenvalue weighted by atomic mass is 16.5. The van der Waals surface area contributed by atoms with Crippen LogP contribution in [0.1, 0.15) is 12.0 Å². The fraction of sp³-hybridized carbons (Fsp3) is 0.524. The van der Waals surface area contributed by atoms with E-state index in [0.29, 0.717) is 57.4 Å². The van der Waals surface area contributed by atoms with Crippen molar-refractivity contribution in [2.75, 3.05) is 67.2 Å². The molecule has 0 saturated carbocycles. The molecule has 1 aromatic carbocycles. The number of amides is 2. The zero-order valence-electron chi connectivity index (χ0n) is 17.5. The zero-order valence-corrected chi connectivity index (χ0v) is 17.5. The molecule has 1 saturated heterocycles. The van der Waals surface area contributed by atoms with Gasteiger partial charge in [0, 0.05) is 64.1 Å². The first kappa shape index (κ1) is 22.7. The average molecular weight is 405 g/mol. The molecule has 160 valence electrons. The van der Waals surface area contributed by atoms with Crippen molar-refractivity contribution in [1.29, 1.82) is 0 Å². The molecule has 0 atom stereocenters. The molecule has 0 aliphatic carbocycles. The summed E-state index contributed by atoms with van der Waals surface area (Å²) in [6.45, 7) is 4.16. The molecule has 0 bridgehead atoms. The molecule has 1 N–H and O–H groups in total. The summed E-state index contributed by atoms with van der Waals surface area (Å²) < 4.78 is 15.5. The number of methoxy groups -OCH3 is 3. The molecule has 1 aliphatic heterocycles. The second-order valence-corrected chi connectivity index (χ2v) is 6.74. The molecule has 0 aromatic heterocycles. The first-order valence-corrected chi connectivity index (χ1v) is 9.74. The minimum atomic E-state index is -0.0495. The number of hydrogen-bond acceptors (Lipinski definition) is 6. The van der Waals surface area contributed by atoms with Gasteiger partial charge in [0.05, 0.1) is 20.8 Å². The number of nitrogens with one attached hydrogen (secondary N) is 1. The van der Waals surface area contributed by atoms with E-state index in [9.17, 15) is 9.59 Å². The summed E-state index contributed by atoms with van der Waals surface area (Å²) in [5.41, 5.74) is 0.811. The summed E-state index contributed by atoms with van der Waals surface area (Å²) in [6, 6.07) is 5.46. The van der Waals surface area contributed by atoms with Crippen molar-refractivity contribution in [1.82, 2.24) is 15.1 Å². The van der Waals surface area contributed by atoms with Gasteiger partial charge in [-0.05, 0) is 24.6 Å². The highest BCUT2D eigenvalue weighted by molar-refractivity contribution is 5.92. The Morgan fingerprint density at radius 3 is 2.52 bits per heavy atom. The molecule has 2 rings (SSSR count). The summed E-state index contributed by atoms with van der Waals surface area (Å²) in [6.07, 6.45) is 4.11. The third-order valence-corrected chi connectivity index (χ3v) is 4.74. The molecule has 8 heteroatoms. The van der Waals surface area contributed by atoms with Crippen LogP contribution < -0.4 is 14.8 Å². The van der Waals surface area contributed by atoms with Gasteiger partial charge in [-0.3, -0.25) is 14.5 Å². The van der Waals surface area contributed by atoms with Gasteiger partial charge in [-0.25, -0.2) is 0 Å². The minimum absolute atomic E-state index is 0.00683. The molecule has 0 radical (unpaired) electrons. The summed E-state index contributed by atoms with van der Waals surface area (Å²) in [5.74, 6) is 1.30. The summed E-state index contributed by atoms with van der Waals surface area (Å²) >= 11 is 0. The van der Waals surface area contributed by atoms with Gasteiger partial charge < -0.3 is 24.4 Å². The molecule has 29 heavy (non-hydrogen) atoms. The van der Waals surface area contributed by atoms with Crippen LogP contribution in [0.2, 0.25) is 0 Å². The Balaban J connectivity index is 1.78. The van der Waals surface area contributed by atoms with E-state index in [1.54, 1.807) is 44.4 Å². The molecule has 8 nitrogen and oxygen atoms in total. The van der Waals surface area contributed by atoms with Gasteiger partial charge in [0.15, 0.2) is 0 Å². The Morgan fingerprint density at radius 2 is 1.86 bits per heavy atom. The molecule has 2 amide bonds. The lowest BCUT2D eigenvalue weighted by atomic mass is 10.1. The van der Waals surface area contributed by atoms with Gasteiger partial charge in [0.2, 0.25) is 11.8 Å². The Kier molecular flexibility index (Phi) is 9.46. The molecular weight excluding hydrogens is 374 g/mol. The highest BCUT2D eigenvalue weighted by Crippen LogP contribution is 2.25. The number of rotatable bonds is 10. The van der Waals surface area contributed by atoms with Crippen LogP contribution in [0.4, 0.5) is 0 Å². The molecule has 1 heterocycles. The molecule has 1 aliphatic rings. The SMILES string of the molecule is COCCCNC(=O)CN1CCN(C(=O)/C=C/c2ccc(OC)cc2OC)CC1. The van der Waals surface area contributed by atoms with E-state index in [0.717, 1.165) is 12.0 Å². The smallest absolute Gasteiger partial charge is 0.246 e. The van der Waals surface area contributed by atoms with Crippen molar-refractivity contribution in [2.45, 2.75) is 6.42 Å². The Bertz CT molecular complexity index is 700. The van der Waals surface area contributed by atoms with E-state index in [1.165, 1.54) is 0 Å². The second kappa shape index (κ2) is 12.1. The van der Waals surface area contributed by atoms with Gasteiger partial charge in [-0.15, -0.1) is 0 Å². The van der Waals surface area contributed by atoms with Gasteiger partial charge in [0.1, 0.15) is 11.5 Å². The number of nitrogens with zero attached hydrogens (tertiary/aromatic N) is 2. The number of benzene rings is 1. The maximum absolute atomic E-state index is 12.5. The van der Waals surface area contributed by atoms with Gasteiger partial charge in [-0.1, -0.05) is 0 Å². The van der Waals surface area contributed by atoms with Gasteiger partial charge in [0.25, 0.3) is 0 Å². The Hall–Kier alpha value is -2.58. The molecule has 0 spiro atoms. The number of carbonyl (C=O) groups excluding carboxylic acids is 2. The van der Waals surface area contributed by atoms with E-state index in [4.69, 9.17) is 14.2 Å². The van der Waals surface area contributed by atoms with Crippen molar-refractivity contribution in [2.24, 2.45) is 0 Å². The number of hydrogen-bond donors (Lipinski definition) is 1. The lowest BCUT2D eigenvalue weighted by molar-refractivity contribution is -0.128. The number of carbonyl (C=O) groups is 2. The lowest BCUT2D eigenvalue weighted by Gasteiger charge is -2.33. The molecule has 0 unspecified atom stereocenters. The van der Waals surface area contributed by atoms with Crippen molar-refractivity contribution in [3.8, 4) is 11.5 Å². The standard InChI is InChI=1S/C21H31N3O5/c1-27-14-4-9-22-20(25)16-23-10-12-24(13-11-23)21(26)8-6-17-5-7-18(28-2)15-19(17)29-3/h5-8,15H,4,9-14,16H2,1-3H3,(H,22,25)/b8-6+. The predicted molar refractivity (Wildman–Crippen MR) is 111 cm³/mol. The highest BCUT2D eigenvalue weighted by Gasteiger charge is 2.21. The zero-order chi connectivity index (χ0) is 21.1. The van der Waals surface area contributed by atoms with E-state index in [-0.39, 0.29) is 11.8 Å². The quantitative estimate of drug-likeness (QED) is 0.462. The number of ether oxygens (including phenoxy) is 3. The third kappa shape index (κ3) is 7.40. The monoisotopic (exact) mass is 405 g/mol. The van der Waals surface area contributed by atoms with Gasteiger partial charge in [-0.2, -0.15) is 0 Å². The molecule has 1 fully saturated rings. The van der Waals surface area contributed by atoms with Crippen LogP contribution in [0, 0.1) is 0 Å². The van der Waals surface area contributed by atoms with Crippen molar-refractivity contribution in [3.05, 3.63) is 29.8 Å². The Labute approximate surface area is 172 Å². The minimum Gasteiger partial charge on any atom is -0.497 e. The van der Waals surface area contributed by atoms with Crippen molar-refractivity contribution in [3.63, 3.8) is 0 Å². The summed E-state index contributed by atoms with van der Waals surface area (Å²) in [7, 11) is 4.82. The van der Waals surface area contributed by atoms with E-state index >= 15 is 0 Å². The maximum Gasteiger partial charge on any atom is 0.246 e. The number of piperazine rings is 1. The fourth-order valence-corrected chi connectivity index (χ4v) is 3.05. The largest absolute Gasteiger partial charge is 0.497 e. The van der Waals surface area contributed by atoms with Crippen LogP contribution in [0.5, 0.6) is 11.5 Å². The molecule has 1 aromatic rings. The van der Waals surface area contributed by atoms with Crippen LogP contribution in [-0.4, -0.2) is 88.8 Å². The van der Waals surface area contributed by atoms with Gasteiger partial charge >= 0.3 is 0 Å². The lowest BCUT2D eigenvalue weighted by Crippen LogP contribution is -2.50. The third-order valence-electron chi connectivity index (χ3n) is 4.74. The second-order valence-electron chi connectivity index (χ2n) is 6.74. The van der Waals surface area contributed by atoms with Crippen LogP contribution in [0.25, 0.3) is 6.08 Å². The first-order valence-electron chi connectivity index (χ1n) is 9.74. The molecular formula is C21H31N3O5. The predicted octanol–water partition coefficient (Wildman–Crippen LogP) is 1.01. The summed E-state index contributed by atoms with van der Waals surface area (Å²) in [5, 5.41) is 2.88. The van der Waals surface area contributed by atoms with E-state index < -0.39 is 0 Å². The topological polar surface area (TPSA) is 80.3 Å². The van der Waals surface area contributed by atoms with Crippen molar-refractivity contribution >= 4 is 17.9 Å². The average Bonchev–Trinajstić information content (AvgIpc) is 2.75. The summed E-state index contributed by atoms with van der Waals surface area (Å²) in [4.78, 5) is 28.3. The van der Waals surface area contributed by atoms with Crippen LogP contribution >= 0.6 is 0 Å². The fourth-order valence-electron chi connectivity index (χ4n) is 3.05. The van der Waals surface area contributed by atoms with Crippen LogP contribution in [-0.2, 0) is 14.3 Å². The first-order chi connectivity index (χ1) is 14.1. The Morgan fingerprint density at radius 1 is 1.10 bits per heavy atom. The van der Waals surface area contributed by atoms with E-state index in [1.807, 2.05) is 12.1 Å². The van der Waals surface area contributed by atoms with E-state index in [2.05, 4.69) is 10.2 Å². The van der Waals surface area contributed by atoms with Crippen molar-refractivity contribution < 1.29 is 23.8 Å². The van der Waals surface area contributed by atoms with Crippen LogP contribution in [0.3, 0.4) is 0 Å². The van der Waals surface area contributed by atoms with Crippen LogP contribution in [0.15, 0.2) is 24.3 Å². The normalized spacial score (nSPS) is 14.8.